The Morgan fingerprint density at radius 1 is 1.07 bits per heavy atom. The second kappa shape index (κ2) is 7.92. The molecule has 1 amide bonds. The van der Waals surface area contributed by atoms with E-state index in [4.69, 9.17) is 0 Å². The van der Waals surface area contributed by atoms with Gasteiger partial charge >= 0.3 is 0 Å². The SMILES string of the molecule is CC(C)n1cc(/C=C(/C#N)C(=O)N[C@H](C)c2ccccc2)c2ccccc21. The lowest BCUT2D eigenvalue weighted by atomic mass is 10.1. The predicted molar refractivity (Wildman–Crippen MR) is 109 cm³/mol. The van der Waals surface area contributed by atoms with Crippen LogP contribution >= 0.6 is 0 Å². The number of rotatable bonds is 5. The monoisotopic (exact) mass is 357 g/mol. The molecule has 0 unspecified atom stereocenters. The third-order valence-electron chi connectivity index (χ3n) is 4.64. The number of nitrogens with one attached hydrogen (secondary N) is 1. The predicted octanol–water partition coefficient (Wildman–Crippen LogP) is 5.01. The fourth-order valence-corrected chi connectivity index (χ4v) is 3.18. The molecule has 4 nitrogen and oxygen atoms in total. The molecule has 0 aliphatic heterocycles. The standard InChI is InChI=1S/C23H23N3O/c1-16(2)26-15-20(21-11-7-8-12-22(21)26)13-19(14-24)23(27)25-17(3)18-9-5-4-6-10-18/h4-13,15-17H,1-3H3,(H,25,27)/b19-13-/t17-/m1/s1. The number of aromatic nitrogens is 1. The minimum atomic E-state index is -0.366. The maximum absolute atomic E-state index is 12.6. The van der Waals surface area contributed by atoms with Gasteiger partial charge in [0.15, 0.2) is 0 Å². The van der Waals surface area contributed by atoms with E-state index < -0.39 is 0 Å². The molecule has 1 N–H and O–H groups in total. The summed E-state index contributed by atoms with van der Waals surface area (Å²) in [5.41, 5.74) is 3.07. The molecule has 1 atom stereocenters. The van der Waals surface area contributed by atoms with E-state index in [-0.39, 0.29) is 23.6 Å². The molecule has 2 aromatic carbocycles. The zero-order chi connectivity index (χ0) is 19.4. The first-order chi connectivity index (χ1) is 13.0. The Morgan fingerprint density at radius 3 is 2.41 bits per heavy atom. The summed E-state index contributed by atoms with van der Waals surface area (Å²) in [6.45, 7) is 6.13. The smallest absolute Gasteiger partial charge is 0.262 e. The quantitative estimate of drug-likeness (QED) is 0.516. The van der Waals surface area contributed by atoms with Crippen molar-refractivity contribution in [2.45, 2.75) is 32.9 Å². The van der Waals surface area contributed by atoms with E-state index in [0.717, 1.165) is 22.0 Å². The number of hydrogen-bond donors (Lipinski definition) is 1. The average molecular weight is 357 g/mol. The Bertz CT molecular complexity index is 1020. The molecule has 0 radical (unpaired) electrons. The first kappa shape index (κ1) is 18.5. The summed E-state index contributed by atoms with van der Waals surface area (Å²) < 4.78 is 2.15. The lowest BCUT2D eigenvalue weighted by Crippen LogP contribution is -2.27. The summed E-state index contributed by atoms with van der Waals surface area (Å²) >= 11 is 0. The Balaban J connectivity index is 1.92. The van der Waals surface area contributed by atoms with Crippen LogP contribution in [0.3, 0.4) is 0 Å². The zero-order valence-corrected chi connectivity index (χ0v) is 15.8. The number of para-hydroxylation sites is 1. The van der Waals surface area contributed by atoms with Gasteiger partial charge in [0.2, 0.25) is 0 Å². The number of amides is 1. The molecule has 0 bridgehead atoms. The highest BCUT2D eigenvalue weighted by Crippen LogP contribution is 2.26. The molecule has 1 aromatic heterocycles. The van der Waals surface area contributed by atoms with Gasteiger partial charge in [0, 0.05) is 28.7 Å². The van der Waals surface area contributed by atoms with Gasteiger partial charge in [0.05, 0.1) is 6.04 Å². The fourth-order valence-electron chi connectivity index (χ4n) is 3.18. The second-order valence-electron chi connectivity index (χ2n) is 6.88. The number of nitriles is 1. The van der Waals surface area contributed by atoms with E-state index in [1.165, 1.54) is 0 Å². The summed E-state index contributed by atoms with van der Waals surface area (Å²) in [5, 5.41) is 13.5. The minimum absolute atomic E-state index is 0.101. The molecule has 0 saturated heterocycles. The van der Waals surface area contributed by atoms with E-state index >= 15 is 0 Å². The maximum Gasteiger partial charge on any atom is 0.262 e. The molecule has 0 saturated carbocycles. The van der Waals surface area contributed by atoms with Crippen LogP contribution in [0.2, 0.25) is 0 Å². The van der Waals surface area contributed by atoms with E-state index in [0.29, 0.717) is 0 Å². The van der Waals surface area contributed by atoms with Crippen LogP contribution < -0.4 is 5.32 Å². The minimum Gasteiger partial charge on any atom is -0.345 e. The van der Waals surface area contributed by atoms with Gasteiger partial charge in [-0.05, 0) is 38.5 Å². The first-order valence-electron chi connectivity index (χ1n) is 9.08. The van der Waals surface area contributed by atoms with Gasteiger partial charge in [-0.15, -0.1) is 0 Å². The van der Waals surface area contributed by atoms with E-state index in [9.17, 15) is 10.1 Å². The Morgan fingerprint density at radius 2 is 1.74 bits per heavy atom. The summed E-state index contributed by atoms with van der Waals surface area (Å²) in [7, 11) is 0. The number of carbonyl (C=O) groups excluding carboxylic acids is 1. The number of fused-ring (bicyclic) bond motifs is 1. The normalized spacial score (nSPS) is 12.8. The van der Waals surface area contributed by atoms with Gasteiger partial charge < -0.3 is 9.88 Å². The molecule has 3 aromatic rings. The third kappa shape index (κ3) is 3.93. The largest absolute Gasteiger partial charge is 0.345 e. The van der Waals surface area contributed by atoms with Crippen LogP contribution in [0, 0.1) is 11.3 Å². The first-order valence-corrected chi connectivity index (χ1v) is 9.08. The highest BCUT2D eigenvalue weighted by atomic mass is 16.1. The zero-order valence-electron chi connectivity index (χ0n) is 15.8. The lowest BCUT2D eigenvalue weighted by molar-refractivity contribution is -0.117. The third-order valence-corrected chi connectivity index (χ3v) is 4.64. The van der Waals surface area contributed by atoms with Crippen molar-refractivity contribution in [1.82, 2.24) is 9.88 Å². The molecule has 1 heterocycles. The van der Waals surface area contributed by atoms with Crippen LogP contribution in [0.5, 0.6) is 0 Å². The second-order valence-corrected chi connectivity index (χ2v) is 6.88. The molecule has 0 fully saturated rings. The number of hydrogen-bond acceptors (Lipinski definition) is 2. The number of carbonyl (C=O) groups is 1. The van der Waals surface area contributed by atoms with Crippen LogP contribution in [0.1, 0.15) is 44.0 Å². The Labute approximate surface area is 159 Å². The highest BCUT2D eigenvalue weighted by Gasteiger charge is 2.15. The highest BCUT2D eigenvalue weighted by molar-refractivity contribution is 6.04. The van der Waals surface area contributed by atoms with Gasteiger partial charge in [-0.25, -0.2) is 0 Å². The molecule has 3 rings (SSSR count). The topological polar surface area (TPSA) is 57.8 Å². The van der Waals surface area contributed by atoms with Gasteiger partial charge in [-0.3, -0.25) is 4.79 Å². The van der Waals surface area contributed by atoms with Crippen molar-refractivity contribution in [2.24, 2.45) is 0 Å². The van der Waals surface area contributed by atoms with Crippen molar-refractivity contribution in [3.63, 3.8) is 0 Å². The average Bonchev–Trinajstić information content (AvgIpc) is 3.05. The van der Waals surface area contributed by atoms with Crippen molar-refractivity contribution in [2.75, 3.05) is 0 Å². The van der Waals surface area contributed by atoms with Crippen LogP contribution in [0.25, 0.3) is 17.0 Å². The Hall–Kier alpha value is -3.32. The van der Waals surface area contributed by atoms with E-state index in [1.807, 2.05) is 61.7 Å². The van der Waals surface area contributed by atoms with Crippen LogP contribution in [0.4, 0.5) is 0 Å². The van der Waals surface area contributed by atoms with E-state index in [2.05, 4.69) is 35.9 Å². The van der Waals surface area contributed by atoms with Crippen LogP contribution in [-0.2, 0) is 4.79 Å². The van der Waals surface area contributed by atoms with Crippen LogP contribution in [0.15, 0.2) is 66.4 Å². The molecule has 136 valence electrons. The summed E-state index contributed by atoms with van der Waals surface area (Å²) in [5.74, 6) is -0.366. The number of benzene rings is 2. The molecule has 0 spiro atoms. The van der Waals surface area contributed by atoms with Gasteiger partial charge in [-0.1, -0.05) is 48.5 Å². The summed E-state index contributed by atoms with van der Waals surface area (Å²) in [4.78, 5) is 12.6. The van der Waals surface area contributed by atoms with Crippen molar-refractivity contribution in [3.05, 3.63) is 77.5 Å². The summed E-state index contributed by atoms with van der Waals surface area (Å²) in [6.07, 6.45) is 3.68. The number of nitrogens with zero attached hydrogens (tertiary/aromatic N) is 2. The van der Waals surface area contributed by atoms with Gasteiger partial charge in [0.25, 0.3) is 5.91 Å². The fraction of sp³-hybridized carbons (Fsp3) is 0.217. The van der Waals surface area contributed by atoms with Crippen molar-refractivity contribution < 1.29 is 4.79 Å². The van der Waals surface area contributed by atoms with Crippen LogP contribution in [-0.4, -0.2) is 10.5 Å². The lowest BCUT2D eigenvalue weighted by Gasteiger charge is -2.13. The Kier molecular flexibility index (Phi) is 5.42. The molecule has 27 heavy (non-hydrogen) atoms. The van der Waals surface area contributed by atoms with E-state index in [1.54, 1.807) is 6.08 Å². The molecule has 0 aliphatic carbocycles. The van der Waals surface area contributed by atoms with Gasteiger partial charge in [-0.2, -0.15) is 5.26 Å². The maximum atomic E-state index is 12.6. The molecule has 4 heteroatoms. The summed E-state index contributed by atoms with van der Waals surface area (Å²) in [6, 6.07) is 19.9. The molecular weight excluding hydrogens is 334 g/mol. The van der Waals surface area contributed by atoms with Crippen molar-refractivity contribution >= 4 is 22.9 Å². The van der Waals surface area contributed by atoms with Crippen molar-refractivity contribution in [3.8, 4) is 6.07 Å². The van der Waals surface area contributed by atoms with Crippen molar-refractivity contribution in [1.29, 1.82) is 5.26 Å². The molecule has 0 aliphatic rings. The van der Waals surface area contributed by atoms with Gasteiger partial charge in [0.1, 0.15) is 11.6 Å². The molecular formula is C23H23N3O.